The highest BCUT2D eigenvalue weighted by atomic mass is 35.5. The second-order valence-electron chi connectivity index (χ2n) is 8.12. The normalized spacial score (nSPS) is 11.2. The van der Waals surface area contributed by atoms with E-state index in [4.69, 9.17) is 21.3 Å². The summed E-state index contributed by atoms with van der Waals surface area (Å²) in [5.41, 5.74) is 2.48. The Morgan fingerprint density at radius 3 is 2.39 bits per heavy atom. The Morgan fingerprint density at radius 2 is 1.70 bits per heavy atom. The minimum atomic E-state index is -0.0807. The van der Waals surface area contributed by atoms with Gasteiger partial charge in [-0.25, -0.2) is 4.98 Å². The lowest BCUT2D eigenvalue weighted by Crippen LogP contribution is -2.33. The molecule has 1 aromatic heterocycles. The van der Waals surface area contributed by atoms with Crippen LogP contribution in [0.15, 0.2) is 66.7 Å². The first kappa shape index (κ1) is 23.2. The number of rotatable bonds is 8. The second-order valence-corrected chi connectivity index (χ2v) is 9.56. The van der Waals surface area contributed by atoms with Crippen LogP contribution in [0.5, 0.6) is 11.5 Å². The fourth-order valence-corrected chi connectivity index (χ4v) is 4.98. The number of halogens is 1. The highest BCUT2D eigenvalue weighted by Crippen LogP contribution is 2.34. The summed E-state index contributed by atoms with van der Waals surface area (Å²) in [6, 6.07) is 20.6. The first-order valence-electron chi connectivity index (χ1n) is 10.8. The highest BCUT2D eigenvalue weighted by Gasteiger charge is 2.22. The lowest BCUT2D eigenvalue weighted by atomic mass is 10.2. The Labute approximate surface area is 203 Å². The smallest absolute Gasteiger partial charge is 0.260 e. The molecule has 0 aliphatic carbocycles. The number of aryl methyl sites for hydroxylation is 1. The maximum atomic E-state index is 13.5. The van der Waals surface area contributed by atoms with Crippen LogP contribution in [0.25, 0.3) is 10.2 Å². The zero-order valence-corrected chi connectivity index (χ0v) is 20.5. The molecule has 33 heavy (non-hydrogen) atoms. The Kier molecular flexibility index (Phi) is 7.28. The van der Waals surface area contributed by atoms with Gasteiger partial charge < -0.3 is 9.64 Å². The van der Waals surface area contributed by atoms with Crippen molar-refractivity contribution in [1.29, 1.82) is 0 Å². The molecular weight excluding hydrogens is 454 g/mol. The molecule has 0 radical (unpaired) electrons. The number of amides is 1. The van der Waals surface area contributed by atoms with Gasteiger partial charge in [-0.3, -0.25) is 9.69 Å². The van der Waals surface area contributed by atoms with Gasteiger partial charge in [0.1, 0.15) is 11.5 Å². The molecular formula is C26H26ClN3O2S. The summed E-state index contributed by atoms with van der Waals surface area (Å²) >= 11 is 7.74. The van der Waals surface area contributed by atoms with Crippen LogP contribution in [-0.4, -0.2) is 43.0 Å². The number of thiazole rings is 1. The number of hydrogen-bond acceptors (Lipinski definition) is 5. The molecule has 0 aliphatic rings. The van der Waals surface area contributed by atoms with E-state index in [1.807, 2.05) is 75.6 Å². The summed E-state index contributed by atoms with van der Waals surface area (Å²) in [5.74, 6) is 1.36. The van der Waals surface area contributed by atoms with Crippen molar-refractivity contribution < 1.29 is 9.53 Å². The van der Waals surface area contributed by atoms with Gasteiger partial charge in [0.25, 0.3) is 5.91 Å². The molecule has 0 bridgehead atoms. The average molecular weight is 480 g/mol. The van der Waals surface area contributed by atoms with Crippen molar-refractivity contribution in [3.8, 4) is 11.5 Å². The van der Waals surface area contributed by atoms with Gasteiger partial charge in [0.05, 0.1) is 10.2 Å². The number of ether oxygens (including phenoxy) is 1. The molecule has 0 atom stereocenters. The molecule has 3 aromatic carbocycles. The maximum absolute atomic E-state index is 13.5. The standard InChI is InChI=1S/C26H26ClN3O2S/c1-18-16-20(27)17-23-24(18)28-26(33-23)30(15-7-14-29(2)3)25(31)19-10-12-22(13-11-19)32-21-8-5-4-6-9-21/h4-6,8-13,16-17H,7,14-15H2,1-3H3. The summed E-state index contributed by atoms with van der Waals surface area (Å²) < 4.78 is 6.84. The molecule has 1 heterocycles. The first-order chi connectivity index (χ1) is 15.9. The molecule has 4 rings (SSSR count). The summed E-state index contributed by atoms with van der Waals surface area (Å²) in [4.78, 5) is 22.2. The van der Waals surface area contributed by atoms with Crippen LogP contribution in [0.4, 0.5) is 5.13 Å². The number of carbonyl (C=O) groups is 1. The number of benzene rings is 3. The van der Waals surface area contributed by atoms with E-state index < -0.39 is 0 Å². The van der Waals surface area contributed by atoms with Crippen molar-refractivity contribution in [3.63, 3.8) is 0 Å². The lowest BCUT2D eigenvalue weighted by molar-refractivity contribution is 0.0986. The van der Waals surface area contributed by atoms with Crippen molar-refractivity contribution in [3.05, 3.63) is 82.9 Å². The van der Waals surface area contributed by atoms with Gasteiger partial charge in [0.2, 0.25) is 0 Å². The van der Waals surface area contributed by atoms with E-state index in [0.29, 0.717) is 28.0 Å². The molecule has 0 saturated heterocycles. The van der Waals surface area contributed by atoms with Gasteiger partial charge >= 0.3 is 0 Å². The molecule has 0 aliphatic heterocycles. The van der Waals surface area contributed by atoms with Crippen LogP contribution < -0.4 is 9.64 Å². The Balaban J connectivity index is 1.60. The Bertz CT molecular complexity index is 1240. The summed E-state index contributed by atoms with van der Waals surface area (Å²) in [7, 11) is 4.06. The molecule has 5 nitrogen and oxygen atoms in total. The number of fused-ring (bicyclic) bond motifs is 1. The average Bonchev–Trinajstić information content (AvgIpc) is 3.21. The minimum Gasteiger partial charge on any atom is -0.457 e. The molecule has 0 fully saturated rings. The van der Waals surface area contributed by atoms with Crippen LogP contribution in [-0.2, 0) is 0 Å². The molecule has 0 N–H and O–H groups in total. The van der Waals surface area contributed by atoms with Gasteiger partial charge in [0, 0.05) is 17.1 Å². The Hall–Kier alpha value is -2.93. The van der Waals surface area contributed by atoms with Crippen molar-refractivity contribution in [2.24, 2.45) is 0 Å². The van der Waals surface area contributed by atoms with E-state index in [0.717, 1.165) is 34.5 Å². The van der Waals surface area contributed by atoms with Crippen LogP contribution in [0.3, 0.4) is 0 Å². The Morgan fingerprint density at radius 1 is 1.00 bits per heavy atom. The van der Waals surface area contributed by atoms with E-state index >= 15 is 0 Å². The summed E-state index contributed by atoms with van der Waals surface area (Å²) in [5, 5.41) is 1.36. The van der Waals surface area contributed by atoms with E-state index in [1.54, 1.807) is 17.0 Å². The number of para-hydroxylation sites is 1. The maximum Gasteiger partial charge on any atom is 0.260 e. The second kappa shape index (κ2) is 10.3. The number of nitrogens with zero attached hydrogens (tertiary/aromatic N) is 3. The SMILES string of the molecule is Cc1cc(Cl)cc2sc(N(CCCN(C)C)C(=O)c3ccc(Oc4ccccc4)cc3)nc12. The van der Waals surface area contributed by atoms with Gasteiger partial charge in [-0.05, 0) is 88.1 Å². The molecule has 0 unspecified atom stereocenters. The summed E-state index contributed by atoms with van der Waals surface area (Å²) in [6.45, 7) is 3.44. The first-order valence-corrected chi connectivity index (χ1v) is 12.0. The third-order valence-corrected chi connectivity index (χ3v) is 6.43. The molecule has 4 aromatic rings. The van der Waals surface area contributed by atoms with E-state index in [-0.39, 0.29) is 5.91 Å². The van der Waals surface area contributed by atoms with Gasteiger partial charge in [-0.15, -0.1) is 0 Å². The van der Waals surface area contributed by atoms with Gasteiger partial charge in [-0.1, -0.05) is 41.1 Å². The van der Waals surface area contributed by atoms with Gasteiger partial charge in [0.15, 0.2) is 5.13 Å². The fourth-order valence-electron chi connectivity index (χ4n) is 3.53. The lowest BCUT2D eigenvalue weighted by Gasteiger charge is -2.21. The number of hydrogen-bond donors (Lipinski definition) is 0. The van der Waals surface area contributed by atoms with E-state index in [1.165, 1.54) is 11.3 Å². The number of anilines is 1. The van der Waals surface area contributed by atoms with Gasteiger partial charge in [-0.2, -0.15) is 0 Å². The molecule has 0 saturated carbocycles. The third-order valence-electron chi connectivity index (χ3n) is 5.18. The van der Waals surface area contributed by atoms with Crippen LogP contribution >= 0.6 is 22.9 Å². The zero-order valence-electron chi connectivity index (χ0n) is 18.9. The fraction of sp³-hybridized carbons (Fsp3) is 0.231. The van der Waals surface area contributed by atoms with E-state index in [9.17, 15) is 4.79 Å². The summed E-state index contributed by atoms with van der Waals surface area (Å²) in [6.07, 6.45) is 0.837. The van der Waals surface area contributed by atoms with Crippen LogP contribution in [0.1, 0.15) is 22.3 Å². The number of aromatic nitrogens is 1. The quantitative estimate of drug-likeness (QED) is 0.284. The monoisotopic (exact) mass is 479 g/mol. The minimum absolute atomic E-state index is 0.0807. The van der Waals surface area contributed by atoms with Crippen LogP contribution in [0, 0.1) is 6.92 Å². The molecule has 1 amide bonds. The molecule has 7 heteroatoms. The van der Waals surface area contributed by atoms with Crippen molar-refractivity contribution >= 4 is 44.2 Å². The topological polar surface area (TPSA) is 45.7 Å². The predicted octanol–water partition coefficient (Wildman–Crippen LogP) is 6.65. The van der Waals surface area contributed by atoms with Crippen molar-refractivity contribution in [2.45, 2.75) is 13.3 Å². The zero-order chi connectivity index (χ0) is 23.4. The third kappa shape index (κ3) is 5.71. The van der Waals surface area contributed by atoms with E-state index in [2.05, 4.69) is 4.90 Å². The molecule has 170 valence electrons. The van der Waals surface area contributed by atoms with Crippen molar-refractivity contribution in [2.75, 3.05) is 32.1 Å². The van der Waals surface area contributed by atoms with Crippen molar-refractivity contribution in [1.82, 2.24) is 9.88 Å². The predicted molar refractivity (Wildman–Crippen MR) is 137 cm³/mol. The highest BCUT2D eigenvalue weighted by molar-refractivity contribution is 7.22. The molecule has 0 spiro atoms. The van der Waals surface area contributed by atoms with Crippen LogP contribution in [0.2, 0.25) is 5.02 Å². The number of carbonyl (C=O) groups excluding carboxylic acids is 1. The largest absolute Gasteiger partial charge is 0.457 e.